The lowest BCUT2D eigenvalue weighted by molar-refractivity contribution is -0.143. The Balaban J connectivity index is 1.93. The first-order valence-electron chi connectivity index (χ1n) is 6.55. The molecule has 3 rings (SSSR count). The first-order valence-corrected chi connectivity index (χ1v) is 6.55. The molecule has 4 heteroatoms. The van der Waals surface area contributed by atoms with E-state index >= 15 is 0 Å². The van der Waals surface area contributed by atoms with Crippen LogP contribution in [0.2, 0.25) is 0 Å². The molecule has 0 N–H and O–H groups in total. The minimum atomic E-state index is -0.798. The number of furan rings is 1. The fourth-order valence-electron chi connectivity index (χ4n) is 2.40. The summed E-state index contributed by atoms with van der Waals surface area (Å²) in [5.41, 5.74) is 0.919. The lowest BCUT2D eigenvalue weighted by Crippen LogP contribution is -2.27. The molecule has 1 aromatic carbocycles. The van der Waals surface area contributed by atoms with Crippen LogP contribution in [0.25, 0.3) is 0 Å². The standard InChI is InChI=1S/C16H16O4/c1-16(2)19-14(11-7-4-3-5-8-11)15(20-16)13(17)12-9-6-10-18-12/h3-10,14-15H,1-2H3/t14-,15-/m0/s1. The molecule has 20 heavy (non-hydrogen) atoms. The van der Waals surface area contributed by atoms with E-state index in [1.807, 2.05) is 30.3 Å². The summed E-state index contributed by atoms with van der Waals surface area (Å²) >= 11 is 0. The maximum Gasteiger partial charge on any atom is 0.229 e. The number of hydrogen-bond donors (Lipinski definition) is 0. The summed E-state index contributed by atoms with van der Waals surface area (Å²) in [6.45, 7) is 3.61. The maximum atomic E-state index is 12.5. The highest BCUT2D eigenvalue weighted by atomic mass is 16.8. The van der Waals surface area contributed by atoms with Crippen LogP contribution in [0.5, 0.6) is 0 Å². The van der Waals surface area contributed by atoms with E-state index < -0.39 is 18.0 Å². The van der Waals surface area contributed by atoms with Crippen molar-refractivity contribution in [2.45, 2.75) is 31.8 Å². The number of ether oxygens (including phenoxy) is 2. The number of hydrogen-bond acceptors (Lipinski definition) is 4. The average molecular weight is 272 g/mol. The van der Waals surface area contributed by atoms with Gasteiger partial charge in [0.05, 0.1) is 6.26 Å². The van der Waals surface area contributed by atoms with Crippen molar-refractivity contribution in [2.75, 3.05) is 0 Å². The third-order valence-corrected chi connectivity index (χ3v) is 3.25. The van der Waals surface area contributed by atoms with Crippen LogP contribution in [0.4, 0.5) is 0 Å². The highest BCUT2D eigenvalue weighted by Crippen LogP contribution is 2.39. The van der Waals surface area contributed by atoms with Gasteiger partial charge in [-0.05, 0) is 31.5 Å². The van der Waals surface area contributed by atoms with Crippen molar-refractivity contribution in [3.05, 3.63) is 60.1 Å². The molecule has 0 spiro atoms. The van der Waals surface area contributed by atoms with Crippen LogP contribution in [0.15, 0.2) is 53.1 Å². The first kappa shape index (κ1) is 13.1. The Morgan fingerprint density at radius 1 is 1.05 bits per heavy atom. The van der Waals surface area contributed by atoms with Gasteiger partial charge >= 0.3 is 0 Å². The number of rotatable bonds is 3. The van der Waals surface area contributed by atoms with E-state index in [9.17, 15) is 4.79 Å². The normalized spacial score (nSPS) is 24.7. The molecule has 2 heterocycles. The smallest absolute Gasteiger partial charge is 0.229 e. The van der Waals surface area contributed by atoms with E-state index in [2.05, 4.69) is 0 Å². The van der Waals surface area contributed by atoms with E-state index in [0.717, 1.165) is 5.56 Å². The van der Waals surface area contributed by atoms with Crippen molar-refractivity contribution in [3.63, 3.8) is 0 Å². The Labute approximate surface area is 117 Å². The van der Waals surface area contributed by atoms with Gasteiger partial charge in [0.2, 0.25) is 5.78 Å². The second kappa shape index (κ2) is 4.89. The molecule has 1 aliphatic rings. The Bertz CT molecular complexity index is 586. The van der Waals surface area contributed by atoms with Gasteiger partial charge in [-0.2, -0.15) is 0 Å². The predicted molar refractivity (Wildman–Crippen MR) is 72.3 cm³/mol. The molecule has 1 aromatic heterocycles. The van der Waals surface area contributed by atoms with Crippen molar-refractivity contribution < 1.29 is 18.7 Å². The number of carbonyl (C=O) groups is 1. The largest absolute Gasteiger partial charge is 0.461 e. The first-order chi connectivity index (χ1) is 9.57. The Kier molecular flexibility index (Phi) is 3.20. The second-order valence-electron chi connectivity index (χ2n) is 5.23. The van der Waals surface area contributed by atoms with Crippen molar-refractivity contribution in [1.82, 2.24) is 0 Å². The molecular formula is C16H16O4. The Morgan fingerprint density at radius 2 is 1.80 bits per heavy atom. The van der Waals surface area contributed by atoms with Gasteiger partial charge in [-0.3, -0.25) is 4.79 Å². The molecule has 2 aromatic rings. The van der Waals surface area contributed by atoms with Gasteiger partial charge in [-0.25, -0.2) is 0 Å². The van der Waals surface area contributed by atoms with E-state index in [1.165, 1.54) is 6.26 Å². The summed E-state index contributed by atoms with van der Waals surface area (Å²) < 4.78 is 16.8. The maximum absolute atomic E-state index is 12.5. The Hall–Kier alpha value is -1.91. The van der Waals surface area contributed by atoms with Crippen molar-refractivity contribution >= 4 is 5.78 Å². The number of ketones is 1. The van der Waals surface area contributed by atoms with E-state index in [1.54, 1.807) is 26.0 Å². The van der Waals surface area contributed by atoms with Crippen LogP contribution < -0.4 is 0 Å². The van der Waals surface area contributed by atoms with Crippen molar-refractivity contribution in [3.8, 4) is 0 Å². The Morgan fingerprint density at radius 3 is 2.45 bits per heavy atom. The van der Waals surface area contributed by atoms with E-state index in [0.29, 0.717) is 0 Å². The average Bonchev–Trinajstić information content (AvgIpc) is 3.06. The van der Waals surface area contributed by atoms with Gasteiger partial charge in [0, 0.05) is 0 Å². The summed E-state index contributed by atoms with van der Waals surface area (Å²) in [4.78, 5) is 12.5. The summed E-state index contributed by atoms with van der Waals surface area (Å²) in [5.74, 6) is -0.709. The molecule has 1 fully saturated rings. The molecule has 104 valence electrons. The van der Waals surface area contributed by atoms with Gasteiger partial charge < -0.3 is 13.9 Å². The minimum absolute atomic E-state index is 0.200. The molecular weight excluding hydrogens is 256 g/mol. The zero-order valence-electron chi connectivity index (χ0n) is 11.4. The number of Topliss-reactive ketones (excluding diaryl/α,β-unsaturated/α-hetero) is 1. The zero-order valence-corrected chi connectivity index (χ0v) is 11.4. The SMILES string of the molecule is CC1(C)O[C@@H](C(=O)c2ccco2)[C@H](c2ccccc2)O1. The second-order valence-corrected chi connectivity index (χ2v) is 5.23. The van der Waals surface area contributed by atoms with E-state index in [4.69, 9.17) is 13.9 Å². The molecule has 0 unspecified atom stereocenters. The number of benzene rings is 1. The van der Waals surface area contributed by atoms with Crippen molar-refractivity contribution in [2.24, 2.45) is 0 Å². The van der Waals surface area contributed by atoms with Gasteiger partial charge in [-0.1, -0.05) is 30.3 Å². The molecule has 4 nitrogen and oxygen atoms in total. The van der Waals surface area contributed by atoms with Gasteiger partial charge in [-0.15, -0.1) is 0 Å². The third kappa shape index (κ3) is 2.40. The molecule has 0 radical (unpaired) electrons. The monoisotopic (exact) mass is 272 g/mol. The summed E-state index contributed by atoms with van der Waals surface area (Å²) in [6, 6.07) is 12.9. The lowest BCUT2D eigenvalue weighted by Gasteiger charge is -2.16. The van der Waals surface area contributed by atoms with Crippen molar-refractivity contribution in [1.29, 1.82) is 0 Å². The molecule has 1 aliphatic heterocycles. The third-order valence-electron chi connectivity index (χ3n) is 3.25. The highest BCUT2D eigenvalue weighted by Gasteiger charge is 2.46. The fraction of sp³-hybridized carbons (Fsp3) is 0.312. The van der Waals surface area contributed by atoms with Gasteiger partial charge in [0.25, 0.3) is 0 Å². The van der Waals surface area contributed by atoms with Crippen LogP contribution in [0.1, 0.15) is 36.1 Å². The molecule has 0 bridgehead atoms. The molecule has 0 saturated carbocycles. The van der Waals surface area contributed by atoms with E-state index in [-0.39, 0.29) is 11.5 Å². The summed E-state index contributed by atoms with van der Waals surface area (Å²) in [7, 11) is 0. The summed E-state index contributed by atoms with van der Waals surface area (Å²) in [5, 5.41) is 0. The van der Waals surface area contributed by atoms with Crippen LogP contribution in [0, 0.1) is 0 Å². The van der Waals surface area contributed by atoms with Crippen LogP contribution >= 0.6 is 0 Å². The molecule has 0 aliphatic carbocycles. The summed E-state index contributed by atoms with van der Waals surface area (Å²) in [6.07, 6.45) is 0.355. The van der Waals surface area contributed by atoms with Crippen LogP contribution in [-0.2, 0) is 9.47 Å². The fourth-order valence-corrected chi connectivity index (χ4v) is 2.40. The van der Waals surface area contributed by atoms with Gasteiger partial charge in [0.15, 0.2) is 17.7 Å². The minimum Gasteiger partial charge on any atom is -0.461 e. The topological polar surface area (TPSA) is 48.7 Å². The highest BCUT2D eigenvalue weighted by molar-refractivity contribution is 5.97. The number of carbonyl (C=O) groups excluding carboxylic acids is 1. The molecule has 2 atom stereocenters. The zero-order chi connectivity index (χ0) is 14.2. The van der Waals surface area contributed by atoms with Crippen LogP contribution in [-0.4, -0.2) is 17.7 Å². The van der Waals surface area contributed by atoms with Crippen LogP contribution in [0.3, 0.4) is 0 Å². The quantitative estimate of drug-likeness (QED) is 0.804. The molecule has 0 amide bonds. The lowest BCUT2D eigenvalue weighted by atomic mass is 10.0. The molecule has 1 saturated heterocycles. The van der Waals surface area contributed by atoms with Gasteiger partial charge in [0.1, 0.15) is 6.10 Å². The predicted octanol–water partition coefficient (Wildman–Crippen LogP) is 3.36.